The highest BCUT2D eigenvalue weighted by Gasteiger charge is 2.51. The van der Waals surface area contributed by atoms with Gasteiger partial charge in [-0.2, -0.15) is 0 Å². The highest BCUT2D eigenvalue weighted by atomic mass is 79.9. The van der Waals surface area contributed by atoms with Gasteiger partial charge in [0.25, 0.3) is 0 Å². The van der Waals surface area contributed by atoms with E-state index in [2.05, 4.69) is 25.6 Å². The van der Waals surface area contributed by atoms with Crippen molar-refractivity contribution >= 4 is 61.7 Å². The van der Waals surface area contributed by atoms with E-state index in [1.807, 2.05) is 113 Å². The Morgan fingerprint density at radius 2 is 1.20 bits per heavy atom. The molecule has 0 radical (unpaired) electrons. The normalized spacial score (nSPS) is 16.1. The van der Waals surface area contributed by atoms with Gasteiger partial charge >= 0.3 is 7.12 Å². The number of benzene rings is 2. The van der Waals surface area contributed by atoms with E-state index in [4.69, 9.17) is 22.5 Å². The second kappa shape index (κ2) is 12.3. The molecule has 0 saturated carbocycles. The molecule has 44 heavy (non-hydrogen) atoms. The summed E-state index contributed by atoms with van der Waals surface area (Å²) in [5.41, 5.74) is 2.94. The molecule has 0 atom stereocenters. The molecule has 3 heterocycles. The Kier molecular flexibility index (Phi) is 9.48. The lowest BCUT2D eigenvalue weighted by molar-refractivity contribution is 0.00578. The van der Waals surface area contributed by atoms with Crippen molar-refractivity contribution in [3.8, 4) is 0 Å². The minimum Gasteiger partial charge on any atom is -0.399 e. The van der Waals surface area contributed by atoms with E-state index in [0.29, 0.717) is 24.5 Å². The molecule has 0 aliphatic carbocycles. The zero-order chi connectivity index (χ0) is 32.7. The maximum absolute atomic E-state index is 9.62. The largest absolute Gasteiger partial charge is 0.494 e. The fraction of sp³-hybridized carbons (Fsp3) is 0.471. The lowest BCUT2D eigenvalue weighted by Crippen LogP contribution is -2.41. The number of hydrogen-bond acceptors (Lipinski definition) is 4. The van der Waals surface area contributed by atoms with E-state index in [0.717, 1.165) is 31.7 Å². The Bertz CT molecular complexity index is 1740. The average molecular weight is 661 g/mol. The van der Waals surface area contributed by atoms with Gasteiger partial charge in [-0.15, -0.1) is 0 Å². The smallest absolute Gasteiger partial charge is 0.399 e. The summed E-state index contributed by atoms with van der Waals surface area (Å²) in [4.78, 5) is 7.21. The van der Waals surface area contributed by atoms with E-state index >= 15 is 0 Å². The summed E-state index contributed by atoms with van der Waals surface area (Å²) in [6.45, 7) is 32.4. The van der Waals surface area contributed by atoms with Crippen molar-refractivity contribution in [2.24, 2.45) is 10.8 Å². The number of aliphatic hydroxyl groups excluding tert-OH is 2. The SMILES string of the molecule is [C-]#[N+]c1cn(CC(C)(C)CO)c2cc(B3OC(C)(C)C(C)(C)O3)ccc12.[C-]#[N+]c1cn(CC(C)(C)CO)c2cc(Br)ccc12. The van der Waals surface area contributed by atoms with E-state index in [1.54, 1.807) is 0 Å². The van der Waals surface area contributed by atoms with Gasteiger partial charge in [-0.25, -0.2) is 9.69 Å². The minimum absolute atomic E-state index is 0.0803. The third kappa shape index (κ3) is 6.91. The molecule has 2 aromatic carbocycles. The van der Waals surface area contributed by atoms with Crippen molar-refractivity contribution < 1.29 is 19.5 Å². The molecule has 1 aliphatic heterocycles. The van der Waals surface area contributed by atoms with Crippen LogP contribution in [0.4, 0.5) is 11.4 Å². The van der Waals surface area contributed by atoms with E-state index < -0.39 is 18.3 Å². The summed E-state index contributed by atoms with van der Waals surface area (Å²) >= 11 is 3.45. The van der Waals surface area contributed by atoms with Gasteiger partial charge in [0.1, 0.15) is 0 Å². The fourth-order valence-corrected chi connectivity index (χ4v) is 5.47. The number of nitrogens with zero attached hydrogens (tertiary/aromatic N) is 4. The first-order valence-electron chi connectivity index (χ1n) is 14.7. The minimum atomic E-state index is -0.435. The van der Waals surface area contributed by atoms with Crippen LogP contribution in [0, 0.1) is 24.0 Å². The predicted octanol–water partition coefficient (Wildman–Crippen LogP) is 7.48. The maximum atomic E-state index is 9.62. The Balaban J connectivity index is 0.000000215. The van der Waals surface area contributed by atoms with E-state index in [9.17, 15) is 10.2 Å². The summed E-state index contributed by atoms with van der Waals surface area (Å²) in [5.74, 6) is 0. The Morgan fingerprint density at radius 1 is 0.773 bits per heavy atom. The lowest BCUT2D eigenvalue weighted by atomic mass is 9.79. The van der Waals surface area contributed by atoms with Crippen LogP contribution in [0.2, 0.25) is 0 Å². The number of rotatable bonds is 7. The summed E-state index contributed by atoms with van der Waals surface area (Å²) in [6, 6.07) is 11.9. The van der Waals surface area contributed by atoms with Gasteiger partial charge in [-0.1, -0.05) is 61.8 Å². The van der Waals surface area contributed by atoms with Crippen LogP contribution in [-0.4, -0.2) is 50.9 Å². The van der Waals surface area contributed by atoms with Gasteiger partial charge in [-0.3, -0.25) is 0 Å². The quantitative estimate of drug-likeness (QED) is 0.159. The molecule has 10 heteroatoms. The van der Waals surface area contributed by atoms with Gasteiger partial charge in [0.15, 0.2) is 0 Å². The average Bonchev–Trinajstić information content (AvgIpc) is 3.55. The highest BCUT2D eigenvalue weighted by molar-refractivity contribution is 9.10. The van der Waals surface area contributed by atoms with Crippen molar-refractivity contribution in [2.45, 2.75) is 79.7 Å². The van der Waals surface area contributed by atoms with E-state index in [-0.39, 0.29) is 24.0 Å². The number of aliphatic hydroxyl groups is 2. The number of fused-ring (bicyclic) bond motifs is 2. The van der Waals surface area contributed by atoms with Crippen molar-refractivity contribution in [3.63, 3.8) is 0 Å². The summed E-state index contributed by atoms with van der Waals surface area (Å²) in [5, 5.41) is 20.9. The van der Waals surface area contributed by atoms with Gasteiger partial charge in [-0.05, 0) is 51.4 Å². The molecule has 2 aromatic heterocycles. The zero-order valence-corrected chi connectivity index (χ0v) is 28.5. The van der Waals surface area contributed by atoms with Crippen molar-refractivity contribution in [1.29, 1.82) is 0 Å². The molecule has 4 aromatic rings. The van der Waals surface area contributed by atoms with Gasteiger partial charge in [0.2, 0.25) is 11.4 Å². The van der Waals surface area contributed by atoms with E-state index in [1.165, 1.54) is 0 Å². The Hall–Kier alpha value is -3.12. The van der Waals surface area contributed by atoms with Crippen LogP contribution in [0.25, 0.3) is 31.5 Å². The standard InChI is InChI=1S/C20H27BN2O3.C14H15BrN2O/c1-18(2,13-24)12-23-11-16(22-7)15-9-8-14(10-17(15)23)21-25-19(3,4)20(5,6)26-21;1-14(2,9-18)8-17-7-12(16-3)11-5-4-10(15)6-13(11)17/h8-11,24H,12-13H2,1-6H3;4-7,18H,8-9H2,1-2H3. The molecular formula is C34H42BBrN4O4. The molecule has 5 rings (SSSR count). The first-order chi connectivity index (χ1) is 20.5. The van der Waals surface area contributed by atoms with Crippen LogP contribution in [-0.2, 0) is 22.4 Å². The van der Waals surface area contributed by atoms with Crippen molar-refractivity contribution in [3.05, 3.63) is 76.1 Å². The van der Waals surface area contributed by atoms with Crippen LogP contribution >= 0.6 is 15.9 Å². The molecule has 232 valence electrons. The molecule has 1 fully saturated rings. The molecule has 1 aliphatic rings. The van der Waals surface area contributed by atoms with Crippen LogP contribution in [0.15, 0.2) is 53.3 Å². The van der Waals surface area contributed by atoms with Crippen LogP contribution in [0.5, 0.6) is 0 Å². The molecule has 0 spiro atoms. The highest BCUT2D eigenvalue weighted by Crippen LogP contribution is 2.37. The van der Waals surface area contributed by atoms with Crippen LogP contribution in [0.3, 0.4) is 0 Å². The summed E-state index contributed by atoms with van der Waals surface area (Å²) < 4.78 is 17.4. The maximum Gasteiger partial charge on any atom is 0.494 e. The van der Waals surface area contributed by atoms with Gasteiger partial charge in [0.05, 0.1) is 24.3 Å². The number of halogens is 1. The first-order valence-corrected chi connectivity index (χ1v) is 15.5. The third-order valence-electron chi connectivity index (χ3n) is 8.53. The molecule has 1 saturated heterocycles. The number of hydrogen-bond donors (Lipinski definition) is 2. The zero-order valence-electron chi connectivity index (χ0n) is 26.9. The van der Waals surface area contributed by atoms with Crippen molar-refractivity contribution in [2.75, 3.05) is 13.2 Å². The second-order valence-corrected chi connectivity index (χ2v) is 15.1. The van der Waals surface area contributed by atoms with Gasteiger partial charge < -0.3 is 28.7 Å². The van der Waals surface area contributed by atoms with Crippen molar-refractivity contribution in [1.82, 2.24) is 9.13 Å². The molecule has 2 N–H and O–H groups in total. The summed E-state index contributed by atoms with van der Waals surface area (Å²) in [7, 11) is -0.435. The lowest BCUT2D eigenvalue weighted by Gasteiger charge is -2.32. The monoisotopic (exact) mass is 660 g/mol. The number of aromatic nitrogens is 2. The molecular weight excluding hydrogens is 619 g/mol. The van der Waals surface area contributed by atoms with Crippen LogP contribution < -0.4 is 5.46 Å². The Labute approximate surface area is 269 Å². The topological polar surface area (TPSA) is 77.5 Å². The summed E-state index contributed by atoms with van der Waals surface area (Å²) in [6.07, 6.45) is 3.73. The molecule has 0 bridgehead atoms. The predicted molar refractivity (Wildman–Crippen MR) is 182 cm³/mol. The third-order valence-corrected chi connectivity index (χ3v) is 9.02. The molecule has 0 amide bonds. The first kappa shape index (κ1) is 33.8. The second-order valence-electron chi connectivity index (χ2n) is 14.2. The van der Waals surface area contributed by atoms with Gasteiger partial charge in [0, 0.05) is 75.8 Å². The molecule has 8 nitrogen and oxygen atoms in total. The van der Waals surface area contributed by atoms with Crippen LogP contribution in [0.1, 0.15) is 55.4 Å². The Morgan fingerprint density at radius 3 is 1.64 bits per heavy atom. The fourth-order valence-electron chi connectivity index (χ4n) is 5.12. The molecule has 0 unspecified atom stereocenters.